The number of aliphatic hydroxyl groups excluding tert-OH is 1. The molecule has 416 valence electrons. The molecule has 0 aliphatic rings. The molecule has 1 amide bonds. The maximum atomic E-state index is 12.9. The van der Waals surface area contributed by atoms with Crippen LogP contribution in [-0.2, 0) is 18.4 Å². The lowest BCUT2D eigenvalue weighted by Gasteiger charge is -2.29. The summed E-state index contributed by atoms with van der Waals surface area (Å²) in [6, 6.07) is -0.932. The Morgan fingerprint density at radius 3 is 1.26 bits per heavy atom. The maximum Gasteiger partial charge on any atom is 0.268 e. The van der Waals surface area contributed by atoms with E-state index in [4.69, 9.17) is 9.05 Å². The van der Waals surface area contributed by atoms with Crippen LogP contribution in [0.1, 0.15) is 181 Å². The van der Waals surface area contributed by atoms with Gasteiger partial charge in [-0.05, 0) is 128 Å². The standard InChI is InChI=1S/C65H105N2O6P/c1-6-8-10-12-14-16-18-20-21-22-23-24-25-26-27-28-29-30-31-32-33-34-35-36-37-38-39-40-41-42-43-44-45-47-49-51-53-55-57-59-65(69)66-63(62-73-74(70,71)72-61-60-67(3,4)5)64(68)58-56-54-52-50-48-46-19-17-15-13-11-9-7-2/h8,10,14-17,20-21,23-24,26-27,29-30,32-33,35-36,38-39,41-42,44-45,48,50,56,58,63-64,68H,6-7,9,11-13,18-19,22,25,28,31,34,37,40,43,46-47,49,51-55,57,59-62H2,1-5H3,(H-,66,69,70,71)/b10-8-,16-14-,17-15+,21-20-,24-23-,27-26-,30-29-,33-32-,36-35-,39-38-,42-41-,45-44-,50-48+,58-56+. The summed E-state index contributed by atoms with van der Waals surface area (Å²) in [5, 5.41) is 13.8. The molecule has 0 saturated carbocycles. The lowest BCUT2D eigenvalue weighted by Crippen LogP contribution is -2.45. The molecule has 0 bridgehead atoms. The Balaban J connectivity index is 4.24. The van der Waals surface area contributed by atoms with Gasteiger partial charge in [-0.1, -0.05) is 216 Å². The minimum Gasteiger partial charge on any atom is -0.756 e. The first kappa shape index (κ1) is 69.9. The minimum absolute atomic E-state index is 0.0229. The number of nitrogens with one attached hydrogen (secondary N) is 1. The molecule has 3 unspecified atom stereocenters. The maximum absolute atomic E-state index is 12.9. The van der Waals surface area contributed by atoms with Gasteiger partial charge in [0.2, 0.25) is 5.91 Å². The normalized spacial score (nSPS) is 15.2. The van der Waals surface area contributed by atoms with Gasteiger partial charge in [0.05, 0.1) is 39.9 Å². The number of phosphoric acid groups is 1. The van der Waals surface area contributed by atoms with E-state index in [0.29, 0.717) is 23.9 Å². The lowest BCUT2D eigenvalue weighted by molar-refractivity contribution is -0.870. The van der Waals surface area contributed by atoms with Gasteiger partial charge in [0.1, 0.15) is 13.2 Å². The first-order valence-corrected chi connectivity index (χ1v) is 30.0. The number of hydrogen-bond acceptors (Lipinski definition) is 6. The summed E-state index contributed by atoms with van der Waals surface area (Å²) < 4.78 is 23.2. The smallest absolute Gasteiger partial charge is 0.268 e. The molecule has 0 heterocycles. The summed E-state index contributed by atoms with van der Waals surface area (Å²) in [4.78, 5) is 25.4. The summed E-state index contributed by atoms with van der Waals surface area (Å²) in [5.74, 6) is -0.240. The summed E-state index contributed by atoms with van der Waals surface area (Å²) >= 11 is 0. The fraction of sp³-hybridized carbons (Fsp3) is 0.554. The van der Waals surface area contributed by atoms with Gasteiger partial charge in [0.25, 0.3) is 7.82 Å². The molecule has 0 saturated heterocycles. The van der Waals surface area contributed by atoms with Crippen molar-refractivity contribution in [2.45, 2.75) is 193 Å². The first-order valence-electron chi connectivity index (χ1n) is 28.5. The molecule has 0 aromatic rings. The van der Waals surface area contributed by atoms with E-state index >= 15 is 0 Å². The highest BCUT2D eigenvalue weighted by atomic mass is 31.2. The van der Waals surface area contributed by atoms with Crippen LogP contribution >= 0.6 is 7.82 Å². The molecule has 0 spiro atoms. The average Bonchev–Trinajstić information content (AvgIpc) is 3.36. The third kappa shape index (κ3) is 55.6. The van der Waals surface area contributed by atoms with E-state index in [9.17, 15) is 19.4 Å². The van der Waals surface area contributed by atoms with Gasteiger partial charge in [-0.3, -0.25) is 9.36 Å². The number of carbonyl (C=O) groups is 1. The van der Waals surface area contributed by atoms with Crippen molar-refractivity contribution in [3.8, 4) is 0 Å². The van der Waals surface area contributed by atoms with Crippen LogP contribution in [0.2, 0.25) is 0 Å². The molecule has 0 radical (unpaired) electrons. The molecule has 0 aromatic heterocycles. The van der Waals surface area contributed by atoms with Gasteiger partial charge in [-0.2, -0.15) is 0 Å². The monoisotopic (exact) mass is 1040 g/mol. The van der Waals surface area contributed by atoms with Crippen molar-refractivity contribution in [3.05, 3.63) is 170 Å². The number of hydrogen-bond donors (Lipinski definition) is 2. The van der Waals surface area contributed by atoms with E-state index in [2.05, 4.69) is 177 Å². The molecule has 0 aliphatic carbocycles. The van der Waals surface area contributed by atoms with E-state index < -0.39 is 26.6 Å². The predicted octanol–water partition coefficient (Wildman–Crippen LogP) is 17.0. The van der Waals surface area contributed by atoms with Gasteiger partial charge >= 0.3 is 0 Å². The fourth-order valence-electron chi connectivity index (χ4n) is 6.95. The van der Waals surface area contributed by atoms with Crippen LogP contribution in [0.4, 0.5) is 0 Å². The van der Waals surface area contributed by atoms with E-state index in [0.717, 1.165) is 135 Å². The number of nitrogens with zero attached hydrogens (tertiary/aromatic N) is 1. The van der Waals surface area contributed by atoms with E-state index in [1.54, 1.807) is 6.08 Å². The van der Waals surface area contributed by atoms with Gasteiger partial charge in [0, 0.05) is 6.42 Å². The highest BCUT2D eigenvalue weighted by molar-refractivity contribution is 7.45. The molecule has 0 aromatic carbocycles. The van der Waals surface area contributed by atoms with Gasteiger partial charge in [0.15, 0.2) is 0 Å². The second-order valence-electron chi connectivity index (χ2n) is 19.5. The highest BCUT2D eigenvalue weighted by Gasteiger charge is 2.23. The third-order valence-corrected chi connectivity index (χ3v) is 12.4. The van der Waals surface area contributed by atoms with Crippen LogP contribution in [0, 0.1) is 0 Å². The van der Waals surface area contributed by atoms with Crippen LogP contribution < -0.4 is 10.2 Å². The summed E-state index contributed by atoms with van der Waals surface area (Å²) in [6.45, 7) is 4.42. The number of allylic oxidation sites excluding steroid dienone is 27. The zero-order chi connectivity index (χ0) is 54.2. The fourth-order valence-corrected chi connectivity index (χ4v) is 7.67. The van der Waals surface area contributed by atoms with Crippen molar-refractivity contribution in [2.75, 3.05) is 40.9 Å². The number of unbranched alkanes of at least 4 members (excludes halogenated alkanes) is 10. The molecular weight excluding hydrogens is 936 g/mol. The Morgan fingerprint density at radius 2 is 0.838 bits per heavy atom. The van der Waals surface area contributed by atoms with Gasteiger partial charge in [-0.25, -0.2) is 0 Å². The number of phosphoric ester groups is 1. The lowest BCUT2D eigenvalue weighted by atomic mass is 10.1. The number of amides is 1. The topological polar surface area (TPSA) is 108 Å². The Morgan fingerprint density at radius 1 is 0.486 bits per heavy atom. The number of aliphatic hydroxyl groups is 1. The van der Waals surface area contributed by atoms with Gasteiger partial charge in [-0.15, -0.1) is 0 Å². The molecule has 3 atom stereocenters. The Hall–Kier alpha value is -4.14. The molecule has 0 rings (SSSR count). The Kier molecular flexibility index (Phi) is 50.7. The zero-order valence-corrected chi connectivity index (χ0v) is 48.1. The van der Waals surface area contributed by atoms with Crippen molar-refractivity contribution in [1.29, 1.82) is 0 Å². The summed E-state index contributed by atoms with van der Waals surface area (Å²) in [7, 11) is 1.19. The first-order chi connectivity index (χ1) is 36.0. The zero-order valence-electron chi connectivity index (χ0n) is 47.2. The Labute approximate surface area is 453 Å². The van der Waals surface area contributed by atoms with Crippen LogP contribution in [0.5, 0.6) is 0 Å². The van der Waals surface area contributed by atoms with E-state index in [1.165, 1.54) is 19.3 Å². The molecule has 0 aliphatic heterocycles. The average molecular weight is 1040 g/mol. The van der Waals surface area contributed by atoms with Gasteiger partial charge < -0.3 is 28.8 Å². The van der Waals surface area contributed by atoms with Crippen molar-refractivity contribution in [3.63, 3.8) is 0 Å². The summed E-state index contributed by atoms with van der Waals surface area (Å²) in [6.07, 6.45) is 85.8. The largest absolute Gasteiger partial charge is 0.756 e. The number of rotatable bonds is 49. The van der Waals surface area contributed by atoms with Crippen LogP contribution in [-0.4, -0.2) is 68.5 Å². The molecule has 74 heavy (non-hydrogen) atoms. The van der Waals surface area contributed by atoms with Crippen molar-refractivity contribution in [1.82, 2.24) is 5.32 Å². The highest BCUT2D eigenvalue weighted by Crippen LogP contribution is 2.38. The number of quaternary nitrogens is 1. The SMILES string of the molecule is CC/C=C\C/C=C\C/C=C\C/C=C\C/C=C\C/C=C\C/C=C\C/C=C\C/C=C\C/C=C\C/C=C\CCCCCCCC(=O)NC(COP(=O)([O-])OCC[N+](C)(C)C)C(O)/C=C/CC/C=C/CC/C=C/CCCCC. The number of likely N-dealkylation sites (N-methyl/N-ethyl adjacent to an activating group) is 1. The molecular formula is C65H105N2O6P. The predicted molar refractivity (Wildman–Crippen MR) is 320 cm³/mol. The van der Waals surface area contributed by atoms with Crippen molar-refractivity contribution in [2.24, 2.45) is 0 Å². The second-order valence-corrected chi connectivity index (χ2v) is 20.9. The second kappa shape index (κ2) is 53.7. The molecule has 2 N–H and O–H groups in total. The molecule has 8 nitrogen and oxygen atoms in total. The third-order valence-electron chi connectivity index (χ3n) is 11.4. The number of carbonyl (C=O) groups excluding carboxylic acids is 1. The van der Waals surface area contributed by atoms with Crippen molar-refractivity contribution < 1.29 is 32.9 Å². The summed E-state index contributed by atoms with van der Waals surface area (Å²) in [5.41, 5.74) is 0. The van der Waals surface area contributed by atoms with Crippen molar-refractivity contribution >= 4 is 13.7 Å². The van der Waals surface area contributed by atoms with E-state index in [-0.39, 0.29) is 12.5 Å². The van der Waals surface area contributed by atoms with Crippen LogP contribution in [0.3, 0.4) is 0 Å². The van der Waals surface area contributed by atoms with E-state index in [1.807, 2.05) is 27.2 Å². The quantitative estimate of drug-likeness (QED) is 0.0272. The van der Waals surface area contributed by atoms with Crippen LogP contribution in [0.15, 0.2) is 170 Å². The molecule has 0 fully saturated rings. The minimum atomic E-state index is -4.62. The molecule has 9 heteroatoms. The van der Waals surface area contributed by atoms with Crippen LogP contribution in [0.25, 0.3) is 0 Å². The Bertz CT molecular complexity index is 1800.